The van der Waals surface area contributed by atoms with Gasteiger partial charge in [-0.15, -0.1) is 0 Å². The molecule has 0 saturated carbocycles. The van der Waals surface area contributed by atoms with Crippen molar-refractivity contribution < 1.29 is 0 Å². The molecule has 170 valence electrons. The molecule has 0 aliphatic rings. The second kappa shape index (κ2) is 8.51. The van der Waals surface area contributed by atoms with E-state index in [1.165, 1.54) is 0 Å². The van der Waals surface area contributed by atoms with Gasteiger partial charge in [-0.3, -0.25) is 15.1 Å². The molecule has 0 aliphatic carbocycles. The molecule has 2 aromatic carbocycles. The Hall–Kier alpha value is -4.39. The maximum atomic E-state index is 4.65. The van der Waals surface area contributed by atoms with Crippen LogP contribution in [0.5, 0.6) is 0 Å². The summed E-state index contributed by atoms with van der Waals surface area (Å²) in [7, 11) is 6.05. The van der Waals surface area contributed by atoms with E-state index in [2.05, 4.69) is 84.1 Å². The number of anilines is 2. The molecule has 7 nitrogen and oxygen atoms in total. The van der Waals surface area contributed by atoms with Crippen molar-refractivity contribution in [1.29, 1.82) is 0 Å². The minimum Gasteiger partial charge on any atom is -0.376 e. The van der Waals surface area contributed by atoms with Crippen LogP contribution in [0.3, 0.4) is 0 Å². The zero-order valence-electron chi connectivity index (χ0n) is 19.8. The molecule has 0 aliphatic heterocycles. The summed E-state index contributed by atoms with van der Waals surface area (Å²) in [5.74, 6) is 0. The number of hydrogen-bond acceptors (Lipinski definition) is 5. The van der Waals surface area contributed by atoms with E-state index >= 15 is 0 Å². The van der Waals surface area contributed by atoms with Crippen LogP contribution in [0.25, 0.3) is 44.3 Å². The molecule has 0 fully saturated rings. The van der Waals surface area contributed by atoms with Gasteiger partial charge < -0.3 is 14.8 Å². The van der Waals surface area contributed by atoms with E-state index in [9.17, 15) is 0 Å². The highest BCUT2D eigenvalue weighted by Gasteiger charge is 2.15. The molecule has 5 aromatic rings. The quantitative estimate of drug-likeness (QED) is 0.320. The van der Waals surface area contributed by atoms with Gasteiger partial charge in [0.1, 0.15) is 5.69 Å². The lowest BCUT2D eigenvalue weighted by atomic mass is 10.0. The summed E-state index contributed by atoms with van der Waals surface area (Å²) in [5.41, 5.74) is 9.05. The Balaban J connectivity index is 1.60. The first kappa shape index (κ1) is 21.5. The van der Waals surface area contributed by atoms with Crippen molar-refractivity contribution in [3.8, 4) is 22.5 Å². The number of allylic oxidation sites excluding steroid dienone is 1. The Morgan fingerprint density at radius 1 is 0.971 bits per heavy atom. The second-order valence-corrected chi connectivity index (χ2v) is 8.62. The highest BCUT2D eigenvalue weighted by atomic mass is 15.1. The Kier molecular flexibility index (Phi) is 5.37. The molecule has 34 heavy (non-hydrogen) atoms. The van der Waals surface area contributed by atoms with Gasteiger partial charge in [0.2, 0.25) is 0 Å². The zero-order chi connectivity index (χ0) is 23.8. The van der Waals surface area contributed by atoms with Crippen molar-refractivity contribution in [2.24, 2.45) is 4.99 Å². The Morgan fingerprint density at radius 3 is 2.62 bits per heavy atom. The van der Waals surface area contributed by atoms with E-state index in [1.54, 1.807) is 0 Å². The highest BCUT2D eigenvalue weighted by Crippen LogP contribution is 2.35. The molecule has 0 radical (unpaired) electrons. The Morgan fingerprint density at radius 2 is 1.82 bits per heavy atom. The lowest BCUT2D eigenvalue weighted by Crippen LogP contribution is -2.08. The molecule has 0 amide bonds. The number of pyridine rings is 1. The summed E-state index contributed by atoms with van der Waals surface area (Å²) in [5, 5.41) is 10.00. The molecule has 0 bridgehead atoms. The van der Waals surface area contributed by atoms with Gasteiger partial charge in [-0.2, -0.15) is 5.10 Å². The number of aliphatic imine (C=N–C) groups is 1. The van der Waals surface area contributed by atoms with E-state index in [0.717, 1.165) is 61.4 Å². The predicted octanol–water partition coefficient (Wildman–Crippen LogP) is 5.84. The summed E-state index contributed by atoms with van der Waals surface area (Å²) >= 11 is 0. The molecule has 5 rings (SSSR count). The van der Waals surface area contributed by atoms with E-state index in [0.29, 0.717) is 0 Å². The third-order valence-electron chi connectivity index (χ3n) is 6.04. The SMILES string of the molecule is C=N/C(C)=C\N(C)c1cccc2[nH]c(-c3n[nH]c4ccc(-c5cncc(N(C)C)c5)cc34)cc12. The van der Waals surface area contributed by atoms with Crippen LogP contribution in [-0.4, -0.2) is 48.0 Å². The number of hydrogen-bond donors (Lipinski definition) is 2. The number of H-pyrrole nitrogens is 2. The fraction of sp³-hybridized carbons (Fsp3) is 0.148. The first-order valence-electron chi connectivity index (χ1n) is 11.1. The van der Waals surface area contributed by atoms with E-state index in [4.69, 9.17) is 0 Å². The molecule has 3 aromatic heterocycles. The van der Waals surface area contributed by atoms with Crippen molar-refractivity contribution in [2.45, 2.75) is 6.92 Å². The third kappa shape index (κ3) is 3.81. The van der Waals surface area contributed by atoms with Gasteiger partial charge in [0.15, 0.2) is 0 Å². The van der Waals surface area contributed by atoms with Gasteiger partial charge >= 0.3 is 0 Å². The normalized spacial score (nSPS) is 11.8. The van der Waals surface area contributed by atoms with Gasteiger partial charge in [0, 0.05) is 61.1 Å². The smallest absolute Gasteiger partial charge is 0.116 e. The highest BCUT2D eigenvalue weighted by molar-refractivity contribution is 6.01. The summed E-state index contributed by atoms with van der Waals surface area (Å²) in [4.78, 5) is 16.1. The van der Waals surface area contributed by atoms with Gasteiger partial charge in [0.05, 0.1) is 28.8 Å². The van der Waals surface area contributed by atoms with Crippen LogP contribution in [0.2, 0.25) is 0 Å². The van der Waals surface area contributed by atoms with Crippen LogP contribution in [0, 0.1) is 0 Å². The molecular weight excluding hydrogens is 422 g/mol. The molecule has 2 N–H and O–H groups in total. The van der Waals surface area contributed by atoms with Crippen molar-refractivity contribution in [1.82, 2.24) is 20.2 Å². The van der Waals surface area contributed by atoms with Gasteiger partial charge in [-0.25, -0.2) is 0 Å². The number of fused-ring (bicyclic) bond motifs is 2. The van der Waals surface area contributed by atoms with Crippen LogP contribution in [0.1, 0.15) is 6.92 Å². The Labute approximate surface area is 198 Å². The summed E-state index contributed by atoms with van der Waals surface area (Å²) < 4.78 is 0. The number of aromatic amines is 2. The fourth-order valence-electron chi connectivity index (χ4n) is 4.19. The van der Waals surface area contributed by atoms with Crippen molar-refractivity contribution in [3.05, 3.63) is 72.8 Å². The number of rotatable bonds is 6. The van der Waals surface area contributed by atoms with E-state index in [1.807, 2.05) is 52.7 Å². The van der Waals surface area contributed by atoms with Gasteiger partial charge in [-0.1, -0.05) is 12.1 Å². The molecule has 0 saturated heterocycles. The number of aromatic nitrogens is 4. The number of benzene rings is 2. The van der Waals surface area contributed by atoms with Gasteiger partial charge in [-0.05, 0) is 55.6 Å². The standard InChI is InChI=1S/C27H27N7/c1-17(28-2)16-34(5)26-8-6-7-23-21(26)13-25(30-23)27-22-12-18(9-10-24(22)31-32-27)19-11-20(33(3)4)15-29-14-19/h6-16,30H,2H2,1,3-5H3,(H,31,32)/b17-16-. The summed E-state index contributed by atoms with van der Waals surface area (Å²) in [6, 6.07) is 16.9. The lowest BCUT2D eigenvalue weighted by Gasteiger charge is -2.15. The molecule has 3 heterocycles. The third-order valence-corrected chi connectivity index (χ3v) is 6.04. The van der Waals surface area contributed by atoms with E-state index < -0.39 is 0 Å². The lowest BCUT2D eigenvalue weighted by molar-refractivity contribution is 1.11. The maximum Gasteiger partial charge on any atom is 0.116 e. The van der Waals surface area contributed by atoms with E-state index in [-0.39, 0.29) is 0 Å². The van der Waals surface area contributed by atoms with Crippen molar-refractivity contribution >= 4 is 39.9 Å². The largest absolute Gasteiger partial charge is 0.376 e. The van der Waals surface area contributed by atoms with Crippen LogP contribution >= 0.6 is 0 Å². The minimum atomic E-state index is 0.855. The molecule has 0 spiro atoms. The first-order valence-corrected chi connectivity index (χ1v) is 11.1. The molecule has 0 atom stereocenters. The molecule has 0 unspecified atom stereocenters. The fourth-order valence-corrected chi connectivity index (χ4v) is 4.19. The van der Waals surface area contributed by atoms with Crippen molar-refractivity contribution in [3.63, 3.8) is 0 Å². The topological polar surface area (TPSA) is 76.2 Å². The summed E-state index contributed by atoms with van der Waals surface area (Å²) in [6.07, 6.45) is 5.74. The van der Waals surface area contributed by atoms with Crippen molar-refractivity contribution in [2.75, 3.05) is 30.9 Å². The number of nitrogens with zero attached hydrogens (tertiary/aromatic N) is 5. The van der Waals surface area contributed by atoms with Crippen LogP contribution in [-0.2, 0) is 0 Å². The zero-order valence-corrected chi connectivity index (χ0v) is 19.8. The van der Waals surface area contributed by atoms with Gasteiger partial charge in [0.25, 0.3) is 0 Å². The van der Waals surface area contributed by atoms with Crippen LogP contribution in [0.4, 0.5) is 11.4 Å². The molecule has 7 heteroatoms. The monoisotopic (exact) mass is 449 g/mol. The number of nitrogens with one attached hydrogen (secondary N) is 2. The average Bonchev–Trinajstić information content (AvgIpc) is 3.47. The first-order chi connectivity index (χ1) is 16.4. The minimum absolute atomic E-state index is 0.855. The van der Waals surface area contributed by atoms with Crippen LogP contribution in [0.15, 0.2) is 77.8 Å². The maximum absolute atomic E-state index is 4.65. The predicted molar refractivity (Wildman–Crippen MR) is 143 cm³/mol. The average molecular weight is 450 g/mol. The second-order valence-electron chi connectivity index (χ2n) is 8.62. The molecular formula is C27H27N7. The Bertz CT molecular complexity index is 1540. The van der Waals surface area contributed by atoms with Crippen LogP contribution < -0.4 is 9.80 Å². The summed E-state index contributed by atoms with van der Waals surface area (Å²) in [6.45, 7) is 5.54.